The van der Waals surface area contributed by atoms with E-state index in [9.17, 15) is 0 Å². The van der Waals surface area contributed by atoms with E-state index in [0.29, 0.717) is 0 Å². The Labute approximate surface area is 315 Å². The van der Waals surface area contributed by atoms with E-state index in [-0.39, 0.29) is 16.2 Å². The number of rotatable bonds is 5. The van der Waals surface area contributed by atoms with Gasteiger partial charge < -0.3 is 4.90 Å². The molecule has 0 atom stereocenters. The molecule has 0 heterocycles. The molecule has 0 unspecified atom stereocenters. The third kappa shape index (κ3) is 5.20. The molecule has 0 saturated carbocycles. The minimum atomic E-state index is -0.150. The summed E-state index contributed by atoms with van der Waals surface area (Å²) in [5.74, 6) is 0. The molecule has 0 saturated heterocycles. The smallest absolute Gasteiger partial charge is 0.0474 e. The zero-order valence-corrected chi connectivity index (χ0v) is 32.0. The average molecular weight is 686 g/mol. The highest BCUT2D eigenvalue weighted by molar-refractivity contribution is 5.92. The summed E-state index contributed by atoms with van der Waals surface area (Å²) in [5, 5.41) is 0. The first-order valence-corrected chi connectivity index (χ1v) is 19.0. The fourth-order valence-corrected chi connectivity index (χ4v) is 9.36. The fraction of sp³-hybridized carbons (Fsp3) is 0.192. The van der Waals surface area contributed by atoms with Crippen molar-refractivity contribution in [3.05, 3.63) is 186 Å². The largest absolute Gasteiger partial charge is 0.310 e. The second-order valence-corrected chi connectivity index (χ2v) is 17.0. The number of anilines is 3. The molecule has 0 aliphatic heterocycles. The van der Waals surface area contributed by atoms with Gasteiger partial charge in [0.2, 0.25) is 0 Å². The average Bonchev–Trinajstić information content (AvgIpc) is 3.54. The molecule has 0 aromatic heterocycles. The molecule has 1 heteroatoms. The summed E-state index contributed by atoms with van der Waals surface area (Å²) < 4.78 is 0. The predicted molar refractivity (Wildman–Crippen MR) is 226 cm³/mol. The van der Waals surface area contributed by atoms with Crippen molar-refractivity contribution in [1.82, 2.24) is 0 Å². The van der Waals surface area contributed by atoms with E-state index in [4.69, 9.17) is 0 Å². The number of benzene rings is 7. The molecule has 0 radical (unpaired) electrons. The number of para-hydroxylation sites is 2. The van der Waals surface area contributed by atoms with Crippen LogP contribution in [0.25, 0.3) is 44.5 Å². The van der Waals surface area contributed by atoms with Crippen molar-refractivity contribution in [2.75, 3.05) is 4.90 Å². The Kier molecular flexibility index (Phi) is 7.48. The third-order valence-electron chi connectivity index (χ3n) is 11.9. The van der Waals surface area contributed by atoms with Gasteiger partial charge in [0.15, 0.2) is 0 Å². The lowest BCUT2D eigenvalue weighted by atomic mass is 9.75. The molecule has 260 valence electrons. The topological polar surface area (TPSA) is 3.24 Å². The SMILES string of the molecule is CC(C)(C)c1c(-c2ccc3c(c2)C(C)(C)c2ccccc2-3)cc(N(c2ccccc2)c2ccccc2)cc1-c1ccc2c(c1)C(C)(C)c1ccccc1-2. The molecule has 1 nitrogen and oxygen atoms in total. The van der Waals surface area contributed by atoms with Crippen LogP contribution < -0.4 is 4.90 Å². The molecule has 0 N–H and O–H groups in total. The van der Waals surface area contributed by atoms with Gasteiger partial charge in [0.1, 0.15) is 0 Å². The first-order chi connectivity index (χ1) is 25.4. The summed E-state index contributed by atoms with van der Waals surface area (Å²) >= 11 is 0. The van der Waals surface area contributed by atoms with Crippen LogP contribution in [0.5, 0.6) is 0 Å². The highest BCUT2D eigenvalue weighted by Gasteiger charge is 2.37. The van der Waals surface area contributed by atoms with Crippen LogP contribution in [-0.4, -0.2) is 0 Å². The quantitative estimate of drug-likeness (QED) is 0.174. The number of nitrogens with zero attached hydrogens (tertiary/aromatic N) is 1. The highest BCUT2D eigenvalue weighted by Crippen LogP contribution is 2.53. The maximum absolute atomic E-state index is 2.49. The van der Waals surface area contributed by atoms with Crippen molar-refractivity contribution in [3.8, 4) is 44.5 Å². The molecule has 53 heavy (non-hydrogen) atoms. The minimum Gasteiger partial charge on any atom is -0.310 e. The Balaban J connectivity index is 1.34. The van der Waals surface area contributed by atoms with Crippen molar-refractivity contribution in [2.45, 2.75) is 64.7 Å². The normalized spacial score (nSPS) is 14.6. The van der Waals surface area contributed by atoms with Gasteiger partial charge in [-0.2, -0.15) is 0 Å². The molecule has 0 bridgehead atoms. The molecule has 2 aliphatic carbocycles. The van der Waals surface area contributed by atoms with E-state index in [1.54, 1.807) is 0 Å². The van der Waals surface area contributed by atoms with Crippen LogP contribution >= 0.6 is 0 Å². The van der Waals surface area contributed by atoms with Crippen LogP contribution in [0.3, 0.4) is 0 Å². The maximum Gasteiger partial charge on any atom is 0.0474 e. The first-order valence-electron chi connectivity index (χ1n) is 19.0. The van der Waals surface area contributed by atoms with Gasteiger partial charge in [-0.05, 0) is 126 Å². The Hall–Kier alpha value is -5.66. The van der Waals surface area contributed by atoms with E-state index in [1.165, 1.54) is 72.3 Å². The molecular weight excluding hydrogens is 639 g/mol. The van der Waals surface area contributed by atoms with Gasteiger partial charge in [0.25, 0.3) is 0 Å². The second kappa shape index (κ2) is 11.9. The van der Waals surface area contributed by atoms with Gasteiger partial charge in [-0.25, -0.2) is 0 Å². The molecule has 0 spiro atoms. The van der Waals surface area contributed by atoms with Gasteiger partial charge in [-0.1, -0.05) is 158 Å². The van der Waals surface area contributed by atoms with Crippen LogP contribution in [0.15, 0.2) is 158 Å². The Morgan fingerprint density at radius 1 is 0.358 bits per heavy atom. The fourth-order valence-electron chi connectivity index (χ4n) is 9.36. The summed E-state index contributed by atoms with van der Waals surface area (Å²) in [4.78, 5) is 2.42. The lowest BCUT2D eigenvalue weighted by Crippen LogP contribution is -2.18. The van der Waals surface area contributed by atoms with Crippen molar-refractivity contribution >= 4 is 17.1 Å². The summed E-state index contributed by atoms with van der Waals surface area (Å²) in [6, 6.07) is 58.9. The van der Waals surface area contributed by atoms with Gasteiger partial charge in [-0.3, -0.25) is 0 Å². The van der Waals surface area contributed by atoms with E-state index in [2.05, 4.69) is 211 Å². The summed E-state index contributed by atoms with van der Waals surface area (Å²) in [5.41, 5.74) is 20.5. The summed E-state index contributed by atoms with van der Waals surface area (Å²) in [6.45, 7) is 16.6. The Bertz CT molecular complexity index is 2360. The molecule has 9 rings (SSSR count). The standard InChI is InChI=1S/C52H47N/c1-50(2,3)49-43(34-26-28-41-39-22-14-16-24-45(39)51(4,5)47(41)30-34)32-38(53(36-18-10-8-11-19-36)37-20-12-9-13-21-37)33-44(49)35-27-29-42-40-23-15-17-25-46(40)52(6,7)48(42)31-35/h8-33H,1-7H3. The molecule has 2 aliphatic rings. The first kappa shape index (κ1) is 33.2. The zero-order chi connectivity index (χ0) is 36.7. The monoisotopic (exact) mass is 685 g/mol. The van der Waals surface area contributed by atoms with E-state index in [0.717, 1.165) is 17.1 Å². The molecule has 0 fully saturated rings. The maximum atomic E-state index is 2.49. The van der Waals surface area contributed by atoms with Crippen molar-refractivity contribution < 1.29 is 0 Å². The minimum absolute atomic E-state index is 0.0923. The van der Waals surface area contributed by atoms with Crippen molar-refractivity contribution in [3.63, 3.8) is 0 Å². The number of hydrogen-bond acceptors (Lipinski definition) is 1. The summed E-state index contributed by atoms with van der Waals surface area (Å²) in [6.07, 6.45) is 0. The second-order valence-electron chi connectivity index (χ2n) is 17.0. The van der Waals surface area contributed by atoms with Crippen molar-refractivity contribution in [1.29, 1.82) is 0 Å². The lowest BCUT2D eigenvalue weighted by molar-refractivity contribution is 0.593. The van der Waals surface area contributed by atoms with Crippen LogP contribution in [0.2, 0.25) is 0 Å². The van der Waals surface area contributed by atoms with Gasteiger partial charge in [0.05, 0.1) is 0 Å². The van der Waals surface area contributed by atoms with E-state index in [1.807, 2.05) is 0 Å². The van der Waals surface area contributed by atoms with E-state index >= 15 is 0 Å². The Morgan fingerprint density at radius 2 is 0.736 bits per heavy atom. The van der Waals surface area contributed by atoms with Crippen molar-refractivity contribution in [2.24, 2.45) is 0 Å². The zero-order valence-electron chi connectivity index (χ0n) is 32.0. The highest BCUT2D eigenvalue weighted by atomic mass is 15.1. The third-order valence-corrected chi connectivity index (χ3v) is 11.9. The summed E-state index contributed by atoms with van der Waals surface area (Å²) in [7, 11) is 0. The van der Waals surface area contributed by atoms with Crippen LogP contribution in [0.1, 0.15) is 76.3 Å². The lowest BCUT2D eigenvalue weighted by Gasteiger charge is -2.32. The van der Waals surface area contributed by atoms with E-state index < -0.39 is 0 Å². The molecule has 0 amide bonds. The molecule has 7 aromatic rings. The molecular formula is C52H47N. The van der Waals surface area contributed by atoms with Gasteiger partial charge in [0, 0.05) is 27.9 Å². The Morgan fingerprint density at radius 3 is 1.15 bits per heavy atom. The van der Waals surface area contributed by atoms with Crippen LogP contribution in [0, 0.1) is 0 Å². The van der Waals surface area contributed by atoms with Gasteiger partial charge >= 0.3 is 0 Å². The predicted octanol–water partition coefficient (Wildman–Crippen LogP) is 14.4. The van der Waals surface area contributed by atoms with Gasteiger partial charge in [-0.15, -0.1) is 0 Å². The van der Waals surface area contributed by atoms with Crippen LogP contribution in [0.4, 0.5) is 17.1 Å². The number of hydrogen-bond donors (Lipinski definition) is 0. The molecule has 7 aromatic carbocycles. The number of fused-ring (bicyclic) bond motifs is 6. The van der Waals surface area contributed by atoms with Crippen LogP contribution in [-0.2, 0) is 16.2 Å².